The molecule has 1 aromatic carbocycles. The lowest BCUT2D eigenvalue weighted by atomic mass is 9.89. The number of benzene rings is 1. The Kier molecular flexibility index (Phi) is 5.63. The van der Waals surface area contributed by atoms with Gasteiger partial charge in [0.2, 0.25) is 0 Å². The molecule has 18 heavy (non-hydrogen) atoms. The first-order chi connectivity index (χ1) is 8.16. The van der Waals surface area contributed by atoms with E-state index in [1.165, 1.54) is 7.11 Å². The summed E-state index contributed by atoms with van der Waals surface area (Å²) in [5, 5.41) is 3.30. The van der Waals surface area contributed by atoms with Gasteiger partial charge in [-0.25, -0.2) is 0 Å². The summed E-state index contributed by atoms with van der Waals surface area (Å²) in [6.45, 7) is 0.878. The van der Waals surface area contributed by atoms with E-state index in [-0.39, 0.29) is 18.4 Å². The summed E-state index contributed by atoms with van der Waals surface area (Å²) in [5.41, 5.74) is 0.606. The van der Waals surface area contributed by atoms with Crippen LogP contribution in [0.3, 0.4) is 0 Å². The molecule has 2 rings (SSSR count). The molecule has 0 radical (unpaired) electrons. The van der Waals surface area contributed by atoms with E-state index in [4.69, 9.17) is 4.74 Å². The van der Waals surface area contributed by atoms with Crippen LogP contribution in [-0.4, -0.2) is 25.2 Å². The van der Waals surface area contributed by atoms with Gasteiger partial charge in [-0.15, -0.1) is 12.4 Å². The van der Waals surface area contributed by atoms with Crippen LogP contribution in [0.25, 0.3) is 0 Å². The van der Waals surface area contributed by atoms with Crippen molar-refractivity contribution in [3.8, 4) is 0 Å². The topological polar surface area (TPSA) is 38.3 Å². The Morgan fingerprint density at radius 3 is 2.89 bits per heavy atom. The lowest BCUT2D eigenvalue weighted by Crippen LogP contribution is -2.50. The lowest BCUT2D eigenvalue weighted by Gasteiger charge is -2.26. The predicted octanol–water partition coefficient (Wildman–Crippen LogP) is 2.71. The smallest absolute Gasteiger partial charge is 0.326 e. The fourth-order valence-corrected chi connectivity index (χ4v) is 2.84. The number of ether oxygens (including phenoxy) is 1. The molecule has 1 heterocycles. The minimum atomic E-state index is -0.532. The third kappa shape index (κ3) is 3.25. The Morgan fingerprint density at radius 2 is 2.33 bits per heavy atom. The number of hydrogen-bond donors (Lipinski definition) is 1. The second kappa shape index (κ2) is 6.55. The number of esters is 1. The molecular weight excluding hydrogens is 318 g/mol. The van der Waals surface area contributed by atoms with Gasteiger partial charge in [-0.3, -0.25) is 4.79 Å². The summed E-state index contributed by atoms with van der Waals surface area (Å²) in [4.78, 5) is 11.9. The van der Waals surface area contributed by atoms with Crippen molar-refractivity contribution in [2.45, 2.75) is 24.8 Å². The Balaban J connectivity index is 0.00000162. The highest BCUT2D eigenvalue weighted by Gasteiger charge is 2.41. The van der Waals surface area contributed by atoms with Crippen LogP contribution in [0.15, 0.2) is 28.7 Å². The summed E-state index contributed by atoms with van der Waals surface area (Å²) in [6.07, 6.45) is 2.54. The van der Waals surface area contributed by atoms with Crippen LogP contribution in [0.1, 0.15) is 18.4 Å². The largest absolute Gasteiger partial charge is 0.468 e. The highest BCUT2D eigenvalue weighted by atomic mass is 79.9. The predicted molar refractivity (Wildman–Crippen MR) is 77.1 cm³/mol. The zero-order valence-corrected chi connectivity index (χ0v) is 12.6. The van der Waals surface area contributed by atoms with Crippen LogP contribution in [-0.2, 0) is 16.0 Å². The number of hydrogen-bond acceptors (Lipinski definition) is 3. The van der Waals surface area contributed by atoms with Gasteiger partial charge < -0.3 is 10.1 Å². The molecule has 0 aliphatic carbocycles. The average molecular weight is 335 g/mol. The van der Waals surface area contributed by atoms with Crippen molar-refractivity contribution in [1.29, 1.82) is 0 Å². The summed E-state index contributed by atoms with van der Waals surface area (Å²) in [7, 11) is 1.45. The van der Waals surface area contributed by atoms with Gasteiger partial charge in [-0.05, 0) is 37.1 Å². The molecule has 1 aliphatic rings. The zero-order valence-electron chi connectivity index (χ0n) is 10.2. The SMILES string of the molecule is COC(=O)[C@]1(Cc2cccc(Br)c2)CCCN1.Cl. The van der Waals surface area contributed by atoms with Crippen LogP contribution in [0.5, 0.6) is 0 Å². The van der Waals surface area contributed by atoms with Crippen molar-refractivity contribution >= 4 is 34.3 Å². The van der Waals surface area contributed by atoms with E-state index in [0.717, 1.165) is 29.4 Å². The van der Waals surface area contributed by atoms with Crippen molar-refractivity contribution < 1.29 is 9.53 Å². The minimum Gasteiger partial charge on any atom is -0.468 e. The van der Waals surface area contributed by atoms with Crippen molar-refractivity contribution in [1.82, 2.24) is 5.32 Å². The van der Waals surface area contributed by atoms with Gasteiger partial charge in [0.05, 0.1) is 7.11 Å². The van der Waals surface area contributed by atoms with Gasteiger partial charge >= 0.3 is 5.97 Å². The highest BCUT2D eigenvalue weighted by molar-refractivity contribution is 9.10. The molecule has 100 valence electrons. The first kappa shape index (κ1) is 15.5. The van der Waals surface area contributed by atoms with E-state index in [1.807, 2.05) is 24.3 Å². The Morgan fingerprint density at radius 1 is 1.56 bits per heavy atom. The fraction of sp³-hybridized carbons (Fsp3) is 0.462. The monoisotopic (exact) mass is 333 g/mol. The molecule has 0 unspecified atom stereocenters. The lowest BCUT2D eigenvalue weighted by molar-refractivity contribution is -0.148. The summed E-state index contributed by atoms with van der Waals surface area (Å²) < 4.78 is 5.96. The first-order valence-corrected chi connectivity index (χ1v) is 6.53. The zero-order chi connectivity index (χ0) is 12.3. The van der Waals surface area contributed by atoms with E-state index >= 15 is 0 Å². The summed E-state index contributed by atoms with van der Waals surface area (Å²) in [5.74, 6) is -0.157. The molecule has 5 heteroatoms. The maximum absolute atomic E-state index is 11.9. The normalized spacial score (nSPS) is 22.3. The number of carbonyl (C=O) groups is 1. The maximum Gasteiger partial charge on any atom is 0.326 e. The molecule has 1 saturated heterocycles. The number of rotatable bonds is 3. The van der Waals surface area contributed by atoms with Crippen molar-refractivity contribution in [2.24, 2.45) is 0 Å². The number of carbonyl (C=O) groups excluding carboxylic acids is 1. The third-order valence-corrected chi connectivity index (χ3v) is 3.71. The van der Waals surface area contributed by atoms with Gasteiger partial charge in [0.25, 0.3) is 0 Å². The van der Waals surface area contributed by atoms with E-state index in [2.05, 4.69) is 21.2 Å². The average Bonchev–Trinajstić information content (AvgIpc) is 2.78. The molecule has 0 bridgehead atoms. The molecule has 1 atom stereocenters. The van der Waals surface area contributed by atoms with Crippen LogP contribution in [0.4, 0.5) is 0 Å². The van der Waals surface area contributed by atoms with E-state index < -0.39 is 5.54 Å². The number of methoxy groups -OCH3 is 1. The fourth-order valence-electron chi connectivity index (χ4n) is 2.39. The second-order valence-electron chi connectivity index (χ2n) is 4.41. The Bertz CT molecular complexity index is 419. The van der Waals surface area contributed by atoms with Gasteiger partial charge in [-0.2, -0.15) is 0 Å². The molecule has 1 fully saturated rings. The Hall–Kier alpha value is -0.580. The second-order valence-corrected chi connectivity index (χ2v) is 5.33. The number of nitrogens with one attached hydrogen (secondary N) is 1. The third-order valence-electron chi connectivity index (χ3n) is 3.21. The van der Waals surface area contributed by atoms with Crippen LogP contribution < -0.4 is 5.32 Å². The standard InChI is InChI=1S/C13H16BrNO2.ClH/c1-17-12(16)13(6-3-7-15-13)9-10-4-2-5-11(14)8-10;/h2,4-5,8,15H,3,6-7,9H2,1H3;1H/t13-;/m1./s1. The van der Waals surface area contributed by atoms with E-state index in [1.54, 1.807) is 0 Å². The maximum atomic E-state index is 11.9. The van der Waals surface area contributed by atoms with Crippen LogP contribution in [0, 0.1) is 0 Å². The molecule has 0 amide bonds. The van der Waals surface area contributed by atoms with Gasteiger partial charge in [-0.1, -0.05) is 28.1 Å². The molecule has 3 nitrogen and oxygen atoms in total. The van der Waals surface area contributed by atoms with Crippen molar-refractivity contribution in [3.63, 3.8) is 0 Å². The van der Waals surface area contributed by atoms with E-state index in [9.17, 15) is 4.79 Å². The van der Waals surface area contributed by atoms with Crippen LogP contribution in [0.2, 0.25) is 0 Å². The molecular formula is C13H17BrClNO2. The van der Waals surface area contributed by atoms with Crippen molar-refractivity contribution in [3.05, 3.63) is 34.3 Å². The van der Waals surface area contributed by atoms with Crippen LogP contribution >= 0.6 is 28.3 Å². The molecule has 1 aliphatic heterocycles. The molecule has 0 spiro atoms. The van der Waals surface area contributed by atoms with Gasteiger partial charge in [0, 0.05) is 10.9 Å². The molecule has 0 aromatic heterocycles. The van der Waals surface area contributed by atoms with Crippen molar-refractivity contribution in [2.75, 3.05) is 13.7 Å². The minimum absolute atomic E-state index is 0. The number of halogens is 2. The molecule has 0 saturated carbocycles. The highest BCUT2D eigenvalue weighted by Crippen LogP contribution is 2.26. The molecule has 1 N–H and O–H groups in total. The Labute approximate surface area is 122 Å². The van der Waals surface area contributed by atoms with Gasteiger partial charge in [0.15, 0.2) is 0 Å². The van der Waals surface area contributed by atoms with E-state index in [0.29, 0.717) is 6.42 Å². The summed E-state index contributed by atoms with van der Waals surface area (Å²) >= 11 is 3.45. The quantitative estimate of drug-likeness (QED) is 0.864. The first-order valence-electron chi connectivity index (χ1n) is 5.74. The van der Waals surface area contributed by atoms with Gasteiger partial charge in [0.1, 0.15) is 5.54 Å². The molecule has 1 aromatic rings. The summed E-state index contributed by atoms with van der Waals surface area (Å²) in [6, 6.07) is 8.05.